The van der Waals surface area contributed by atoms with E-state index in [1.54, 1.807) is 17.0 Å². The zero-order valence-corrected chi connectivity index (χ0v) is 10.7. The topological polar surface area (TPSA) is 37.8 Å². The molecule has 1 N–H and O–H groups in total. The summed E-state index contributed by atoms with van der Waals surface area (Å²) >= 11 is 5.62. The molecule has 0 saturated heterocycles. The predicted molar refractivity (Wildman–Crippen MR) is 66.8 cm³/mol. The molecule has 0 fully saturated rings. The molecule has 0 unspecified atom stereocenters. The number of nitrogens with one attached hydrogen (secondary N) is 1. The van der Waals surface area contributed by atoms with Crippen molar-refractivity contribution in [2.45, 2.75) is 0 Å². The number of hydrogen-bond donors (Lipinski definition) is 1. The molecule has 0 aliphatic carbocycles. The van der Waals surface area contributed by atoms with E-state index < -0.39 is 0 Å². The molecule has 5 heteroatoms. The van der Waals surface area contributed by atoms with Crippen molar-refractivity contribution < 1.29 is 0 Å². The lowest BCUT2D eigenvalue weighted by molar-refractivity contribution is 0.980. The third-order valence-electron chi connectivity index (χ3n) is 1.82. The molecule has 0 spiro atoms. The Hall–Kier alpha value is -0.560. The number of halogens is 2. The minimum atomic E-state index is -0.132. The molecule has 14 heavy (non-hydrogen) atoms. The number of imidazole rings is 1. The fourth-order valence-electron chi connectivity index (χ4n) is 1.18. The van der Waals surface area contributed by atoms with Crippen LogP contribution in [0.3, 0.4) is 0 Å². The van der Waals surface area contributed by atoms with Crippen LogP contribution in [0.5, 0.6) is 0 Å². The molecule has 0 saturated carbocycles. The first-order valence-corrected chi connectivity index (χ1v) is 5.77. The molecule has 72 valence electrons. The van der Waals surface area contributed by atoms with Gasteiger partial charge in [-0.25, -0.2) is 4.79 Å². The molecule has 1 aromatic heterocycles. The van der Waals surface area contributed by atoms with Crippen LogP contribution < -0.4 is 5.69 Å². The Morgan fingerprint density at radius 1 is 1.43 bits per heavy atom. The predicted octanol–water partition coefficient (Wildman–Crippen LogP) is 2.53. The van der Waals surface area contributed by atoms with E-state index in [-0.39, 0.29) is 5.69 Å². The summed E-state index contributed by atoms with van der Waals surface area (Å²) in [7, 11) is 0. The highest BCUT2D eigenvalue weighted by Gasteiger charge is 2.04. The van der Waals surface area contributed by atoms with Crippen molar-refractivity contribution in [3.63, 3.8) is 0 Å². The summed E-state index contributed by atoms with van der Waals surface area (Å²) in [4.78, 5) is 14.0. The summed E-state index contributed by atoms with van der Waals surface area (Å²) in [6.07, 6.45) is 3.33. The Balaban J connectivity index is 2.68. The first-order chi connectivity index (χ1) is 6.68. The number of aromatic nitrogens is 2. The van der Waals surface area contributed by atoms with Gasteiger partial charge in [0.15, 0.2) is 0 Å². The van der Waals surface area contributed by atoms with Crippen molar-refractivity contribution in [2.24, 2.45) is 0 Å². The summed E-state index contributed by atoms with van der Waals surface area (Å²) in [5.41, 5.74) is 0.718. The molecule has 0 atom stereocenters. The number of aromatic amines is 1. The van der Waals surface area contributed by atoms with Crippen LogP contribution >= 0.6 is 38.5 Å². The molecule has 2 rings (SSSR count). The zero-order chi connectivity index (χ0) is 10.1. The van der Waals surface area contributed by atoms with Crippen molar-refractivity contribution in [1.82, 2.24) is 9.55 Å². The third kappa shape index (κ3) is 1.78. The van der Waals surface area contributed by atoms with Gasteiger partial charge in [0, 0.05) is 20.4 Å². The van der Waals surface area contributed by atoms with Crippen LogP contribution in [0.25, 0.3) is 5.69 Å². The van der Waals surface area contributed by atoms with Gasteiger partial charge < -0.3 is 4.98 Å². The molecule has 2 aromatic rings. The van der Waals surface area contributed by atoms with Gasteiger partial charge in [-0.1, -0.05) is 0 Å². The number of rotatable bonds is 1. The van der Waals surface area contributed by atoms with Gasteiger partial charge in [-0.05, 0) is 56.7 Å². The highest BCUT2D eigenvalue weighted by Crippen LogP contribution is 2.21. The van der Waals surface area contributed by atoms with E-state index in [0.29, 0.717) is 0 Å². The standard InChI is InChI=1S/C9H6BrIN2O/c10-7-2-1-6(11)5-8(7)13-4-3-12-9(13)14/h1-5H,(H,12,14). The zero-order valence-electron chi connectivity index (χ0n) is 7.00. The van der Waals surface area contributed by atoms with Crippen LogP contribution in [0.1, 0.15) is 0 Å². The van der Waals surface area contributed by atoms with E-state index in [1.807, 2.05) is 18.2 Å². The lowest BCUT2D eigenvalue weighted by atomic mass is 10.3. The molecular formula is C9H6BrIN2O. The lowest BCUT2D eigenvalue weighted by Gasteiger charge is -2.04. The van der Waals surface area contributed by atoms with Gasteiger partial charge in [0.25, 0.3) is 0 Å². The van der Waals surface area contributed by atoms with Crippen molar-refractivity contribution in [2.75, 3.05) is 0 Å². The van der Waals surface area contributed by atoms with Gasteiger partial charge >= 0.3 is 5.69 Å². The molecule has 3 nitrogen and oxygen atoms in total. The number of hydrogen-bond acceptors (Lipinski definition) is 1. The van der Waals surface area contributed by atoms with Crippen molar-refractivity contribution in [3.05, 3.63) is 49.1 Å². The third-order valence-corrected chi connectivity index (χ3v) is 3.16. The van der Waals surface area contributed by atoms with Crippen LogP contribution in [-0.2, 0) is 0 Å². The SMILES string of the molecule is O=c1[nH]ccn1-c1cc(I)ccc1Br. The average Bonchev–Trinajstić information content (AvgIpc) is 2.56. The summed E-state index contributed by atoms with van der Waals surface area (Å²) < 4.78 is 3.56. The molecule has 0 amide bonds. The maximum Gasteiger partial charge on any atom is 0.330 e. The molecule has 0 bridgehead atoms. The maximum absolute atomic E-state index is 11.4. The number of nitrogens with zero attached hydrogens (tertiary/aromatic N) is 1. The minimum Gasteiger partial charge on any atom is -0.312 e. The van der Waals surface area contributed by atoms with E-state index in [2.05, 4.69) is 43.5 Å². The van der Waals surface area contributed by atoms with Gasteiger partial charge in [0.05, 0.1) is 5.69 Å². The quantitative estimate of drug-likeness (QED) is 0.776. The van der Waals surface area contributed by atoms with E-state index >= 15 is 0 Å². The first kappa shape index (κ1) is 9.97. The van der Waals surface area contributed by atoms with Crippen LogP contribution in [0.15, 0.2) is 39.9 Å². The summed E-state index contributed by atoms with van der Waals surface area (Å²) in [6.45, 7) is 0. The van der Waals surface area contributed by atoms with Gasteiger partial charge in [-0.2, -0.15) is 0 Å². The van der Waals surface area contributed by atoms with Crippen molar-refractivity contribution in [1.29, 1.82) is 0 Å². The fraction of sp³-hybridized carbons (Fsp3) is 0. The monoisotopic (exact) mass is 364 g/mol. The Bertz CT molecular complexity index is 518. The normalized spacial score (nSPS) is 10.4. The fourth-order valence-corrected chi connectivity index (χ4v) is 2.09. The second-order valence-electron chi connectivity index (χ2n) is 2.73. The average molecular weight is 365 g/mol. The summed E-state index contributed by atoms with van der Waals surface area (Å²) in [5, 5.41) is 0. The Morgan fingerprint density at radius 3 is 2.86 bits per heavy atom. The second kappa shape index (κ2) is 3.90. The summed E-state index contributed by atoms with van der Waals surface area (Å²) in [5.74, 6) is 0. The minimum absolute atomic E-state index is 0.132. The highest BCUT2D eigenvalue weighted by atomic mass is 127. The van der Waals surface area contributed by atoms with Crippen LogP contribution in [0.2, 0.25) is 0 Å². The molecular weight excluding hydrogens is 359 g/mol. The van der Waals surface area contributed by atoms with Crippen LogP contribution in [-0.4, -0.2) is 9.55 Å². The van der Waals surface area contributed by atoms with E-state index in [0.717, 1.165) is 13.7 Å². The molecule has 0 aliphatic heterocycles. The highest BCUT2D eigenvalue weighted by molar-refractivity contribution is 14.1. The molecule has 0 radical (unpaired) electrons. The Morgan fingerprint density at radius 2 is 2.21 bits per heavy atom. The summed E-state index contributed by atoms with van der Waals surface area (Å²) in [6, 6.07) is 5.85. The van der Waals surface area contributed by atoms with Crippen molar-refractivity contribution in [3.8, 4) is 5.69 Å². The Labute approximate surface area is 102 Å². The van der Waals surface area contributed by atoms with Gasteiger partial charge in [0.2, 0.25) is 0 Å². The smallest absolute Gasteiger partial charge is 0.312 e. The second-order valence-corrected chi connectivity index (χ2v) is 4.83. The maximum atomic E-state index is 11.4. The van der Waals surface area contributed by atoms with Gasteiger partial charge in [-0.3, -0.25) is 4.57 Å². The van der Waals surface area contributed by atoms with Crippen LogP contribution in [0, 0.1) is 3.57 Å². The molecule has 1 heterocycles. The largest absolute Gasteiger partial charge is 0.330 e. The van der Waals surface area contributed by atoms with E-state index in [1.165, 1.54) is 0 Å². The van der Waals surface area contributed by atoms with Gasteiger partial charge in [-0.15, -0.1) is 0 Å². The van der Waals surface area contributed by atoms with Crippen molar-refractivity contribution >= 4 is 38.5 Å². The first-order valence-electron chi connectivity index (χ1n) is 3.90. The Kier molecular flexibility index (Phi) is 2.78. The molecule has 1 aromatic carbocycles. The van der Waals surface area contributed by atoms with E-state index in [4.69, 9.17) is 0 Å². The lowest BCUT2D eigenvalue weighted by Crippen LogP contribution is -2.14. The number of H-pyrrole nitrogens is 1. The van der Waals surface area contributed by atoms with E-state index in [9.17, 15) is 4.79 Å². The number of benzene rings is 1. The molecule has 0 aliphatic rings. The van der Waals surface area contributed by atoms with Gasteiger partial charge in [0.1, 0.15) is 0 Å². The van der Waals surface area contributed by atoms with Crippen LogP contribution in [0.4, 0.5) is 0 Å².